The molecule has 3 aromatic heterocycles. The number of fused-ring (bicyclic) bond motifs is 1. The molecule has 0 radical (unpaired) electrons. The van der Waals surface area contributed by atoms with Gasteiger partial charge in [-0.3, -0.25) is 18.8 Å². The molecule has 5 rings (SSSR count). The van der Waals surface area contributed by atoms with Gasteiger partial charge in [0, 0.05) is 43.7 Å². The van der Waals surface area contributed by atoms with Crippen LogP contribution < -0.4 is 11.0 Å². The zero-order chi connectivity index (χ0) is 28.1. The van der Waals surface area contributed by atoms with Crippen LogP contribution >= 0.6 is 0 Å². The standard InChI is InChI=1S/C25H21F4N7O3/c1-14(26)23(38)33-11-18(12-33)35-21-19(15-9-32-34(10-15)13-20(37)30-2)7-8-31-22(21)36(24(35)39)17-5-3-16(4-6-17)25(27,28)29/h3-10,18H,1,11-13H2,2H3,(H,30,37). The number of hydrogen-bond acceptors (Lipinski definition) is 5. The molecule has 0 saturated carbocycles. The molecule has 1 aliphatic rings. The lowest BCUT2D eigenvalue weighted by Crippen LogP contribution is -2.52. The number of alkyl halides is 3. The summed E-state index contributed by atoms with van der Waals surface area (Å²) in [5.41, 5.74) is 0.258. The van der Waals surface area contributed by atoms with Crippen LogP contribution in [0.1, 0.15) is 11.6 Å². The Kier molecular flexibility index (Phi) is 6.32. The Balaban J connectivity index is 1.66. The van der Waals surface area contributed by atoms with Crippen LogP contribution in [0.2, 0.25) is 0 Å². The number of hydrogen-bond donors (Lipinski definition) is 1. The first-order valence-corrected chi connectivity index (χ1v) is 11.7. The monoisotopic (exact) mass is 543 g/mol. The third-order valence-corrected chi connectivity index (χ3v) is 6.48. The van der Waals surface area contributed by atoms with Gasteiger partial charge in [0.1, 0.15) is 6.54 Å². The van der Waals surface area contributed by atoms with Crippen molar-refractivity contribution in [1.82, 2.24) is 34.1 Å². The Morgan fingerprint density at radius 3 is 2.46 bits per heavy atom. The van der Waals surface area contributed by atoms with E-state index in [1.165, 1.54) is 50.3 Å². The van der Waals surface area contributed by atoms with Crippen molar-refractivity contribution in [2.45, 2.75) is 18.8 Å². The number of carbonyl (C=O) groups is 2. The number of aromatic nitrogens is 5. The highest BCUT2D eigenvalue weighted by Gasteiger charge is 2.37. The fraction of sp³-hybridized carbons (Fsp3) is 0.240. The second kappa shape index (κ2) is 9.53. The molecule has 1 aliphatic heterocycles. The van der Waals surface area contributed by atoms with Crippen molar-refractivity contribution in [1.29, 1.82) is 0 Å². The molecule has 1 fully saturated rings. The predicted octanol–water partition coefficient (Wildman–Crippen LogP) is 2.68. The van der Waals surface area contributed by atoms with Gasteiger partial charge in [-0.1, -0.05) is 6.58 Å². The number of nitrogens with zero attached hydrogens (tertiary/aromatic N) is 6. The van der Waals surface area contributed by atoms with E-state index < -0.39 is 35.2 Å². The van der Waals surface area contributed by atoms with E-state index in [0.717, 1.165) is 12.1 Å². The van der Waals surface area contributed by atoms with Crippen molar-refractivity contribution in [3.05, 3.63) is 77.4 Å². The van der Waals surface area contributed by atoms with Gasteiger partial charge < -0.3 is 10.2 Å². The number of benzene rings is 1. The van der Waals surface area contributed by atoms with Crippen LogP contribution in [0.25, 0.3) is 28.0 Å². The van der Waals surface area contributed by atoms with Crippen LogP contribution in [-0.2, 0) is 22.3 Å². The van der Waals surface area contributed by atoms with Crippen molar-refractivity contribution < 1.29 is 27.2 Å². The molecule has 0 aliphatic carbocycles. The highest BCUT2D eigenvalue weighted by molar-refractivity contribution is 5.92. The van der Waals surface area contributed by atoms with E-state index in [-0.39, 0.29) is 36.9 Å². The molecular formula is C25H21F4N7O3. The quantitative estimate of drug-likeness (QED) is 0.297. The summed E-state index contributed by atoms with van der Waals surface area (Å²) < 4.78 is 56.8. The maximum atomic E-state index is 13.8. The van der Waals surface area contributed by atoms with Crippen molar-refractivity contribution in [3.63, 3.8) is 0 Å². The second-order valence-corrected chi connectivity index (χ2v) is 8.93. The minimum absolute atomic E-state index is 0.0120. The smallest absolute Gasteiger partial charge is 0.358 e. The predicted molar refractivity (Wildman–Crippen MR) is 131 cm³/mol. The molecule has 4 aromatic rings. The Morgan fingerprint density at radius 2 is 1.85 bits per heavy atom. The number of imidazole rings is 1. The maximum Gasteiger partial charge on any atom is 0.416 e. The molecule has 4 heterocycles. The van der Waals surface area contributed by atoms with Gasteiger partial charge in [-0.25, -0.2) is 18.7 Å². The molecule has 1 N–H and O–H groups in total. The third kappa shape index (κ3) is 4.57. The Labute approximate surface area is 217 Å². The van der Waals surface area contributed by atoms with Crippen molar-refractivity contribution in [3.8, 4) is 16.8 Å². The van der Waals surface area contributed by atoms with Gasteiger partial charge in [-0.2, -0.15) is 18.3 Å². The lowest BCUT2D eigenvalue weighted by Gasteiger charge is -2.39. The van der Waals surface area contributed by atoms with E-state index in [0.29, 0.717) is 16.6 Å². The molecule has 14 heteroatoms. The molecule has 39 heavy (non-hydrogen) atoms. The SMILES string of the molecule is C=C(F)C(=O)N1CC(n2c(=O)n(-c3ccc(C(F)(F)F)cc3)c3nccc(-c4cnn(CC(=O)NC)c4)c32)C1. The van der Waals surface area contributed by atoms with Crippen LogP contribution in [-0.4, -0.2) is 60.8 Å². The largest absolute Gasteiger partial charge is 0.416 e. The molecule has 1 aromatic carbocycles. The molecular weight excluding hydrogens is 522 g/mol. The first-order chi connectivity index (χ1) is 18.5. The minimum atomic E-state index is -4.56. The molecule has 0 spiro atoms. The summed E-state index contributed by atoms with van der Waals surface area (Å²) in [6, 6.07) is 5.16. The van der Waals surface area contributed by atoms with E-state index in [1.54, 1.807) is 12.3 Å². The van der Waals surface area contributed by atoms with Crippen LogP contribution in [0.3, 0.4) is 0 Å². The topological polar surface area (TPSA) is 107 Å². The molecule has 0 atom stereocenters. The lowest BCUT2D eigenvalue weighted by atomic mass is 10.1. The van der Waals surface area contributed by atoms with E-state index in [4.69, 9.17) is 0 Å². The van der Waals surface area contributed by atoms with Crippen molar-refractivity contribution in [2.24, 2.45) is 0 Å². The Morgan fingerprint density at radius 1 is 1.15 bits per heavy atom. The summed E-state index contributed by atoms with van der Waals surface area (Å²) >= 11 is 0. The van der Waals surface area contributed by atoms with Gasteiger partial charge in [0.2, 0.25) is 5.91 Å². The van der Waals surface area contributed by atoms with Crippen LogP contribution in [0, 0.1) is 0 Å². The first kappa shape index (κ1) is 25.9. The van der Waals surface area contributed by atoms with Crippen LogP contribution in [0.4, 0.5) is 17.6 Å². The number of nitrogens with one attached hydrogen (secondary N) is 1. The number of rotatable bonds is 6. The first-order valence-electron chi connectivity index (χ1n) is 11.7. The van der Waals surface area contributed by atoms with E-state index in [2.05, 4.69) is 22.0 Å². The average Bonchev–Trinajstić information content (AvgIpc) is 3.44. The maximum absolute atomic E-state index is 13.8. The zero-order valence-corrected chi connectivity index (χ0v) is 20.4. The highest BCUT2D eigenvalue weighted by atomic mass is 19.4. The number of carbonyl (C=O) groups excluding carboxylic acids is 2. The van der Waals surface area contributed by atoms with Gasteiger partial charge >= 0.3 is 11.9 Å². The third-order valence-electron chi connectivity index (χ3n) is 6.48. The minimum Gasteiger partial charge on any atom is -0.358 e. The summed E-state index contributed by atoms with van der Waals surface area (Å²) in [4.78, 5) is 43.1. The fourth-order valence-electron chi connectivity index (χ4n) is 4.51. The average molecular weight is 543 g/mol. The summed E-state index contributed by atoms with van der Waals surface area (Å²) in [6.07, 6.45) is 0.00554. The molecule has 202 valence electrons. The van der Waals surface area contributed by atoms with E-state index in [1.807, 2.05) is 0 Å². The van der Waals surface area contributed by atoms with Gasteiger partial charge in [-0.05, 0) is 30.3 Å². The Bertz CT molecular complexity index is 1660. The number of amides is 2. The summed E-state index contributed by atoms with van der Waals surface area (Å²) in [7, 11) is 1.49. The summed E-state index contributed by atoms with van der Waals surface area (Å²) in [5, 5.41) is 6.70. The van der Waals surface area contributed by atoms with Gasteiger partial charge in [0.05, 0.1) is 29.0 Å². The summed E-state index contributed by atoms with van der Waals surface area (Å²) in [6.45, 7) is 2.99. The van der Waals surface area contributed by atoms with Crippen LogP contribution in [0.5, 0.6) is 0 Å². The van der Waals surface area contributed by atoms with E-state index in [9.17, 15) is 31.9 Å². The highest BCUT2D eigenvalue weighted by Crippen LogP contribution is 2.34. The lowest BCUT2D eigenvalue weighted by molar-refractivity contribution is -0.137. The molecule has 0 unspecified atom stereocenters. The molecule has 0 bridgehead atoms. The van der Waals surface area contributed by atoms with Gasteiger partial charge in [0.25, 0.3) is 5.91 Å². The normalized spacial score (nSPS) is 13.9. The van der Waals surface area contributed by atoms with Crippen molar-refractivity contribution in [2.75, 3.05) is 20.1 Å². The number of pyridine rings is 1. The van der Waals surface area contributed by atoms with Gasteiger partial charge in [0.15, 0.2) is 11.5 Å². The van der Waals surface area contributed by atoms with E-state index >= 15 is 0 Å². The number of likely N-dealkylation sites (N-methyl/N-ethyl adjacent to an activating group) is 1. The molecule has 10 nitrogen and oxygen atoms in total. The molecule has 2 amide bonds. The number of likely N-dealkylation sites (tertiary alicyclic amines) is 1. The number of halogens is 4. The second-order valence-electron chi connectivity index (χ2n) is 8.93. The Hall–Kier alpha value is -4.75. The van der Waals surface area contributed by atoms with Crippen molar-refractivity contribution >= 4 is 23.0 Å². The zero-order valence-electron chi connectivity index (χ0n) is 20.4. The van der Waals surface area contributed by atoms with Crippen LogP contribution in [0.15, 0.2) is 66.1 Å². The fourth-order valence-corrected chi connectivity index (χ4v) is 4.51. The summed E-state index contributed by atoms with van der Waals surface area (Å²) in [5.74, 6) is -2.29. The van der Waals surface area contributed by atoms with Gasteiger partial charge in [-0.15, -0.1) is 0 Å². The molecule has 1 saturated heterocycles.